The van der Waals surface area contributed by atoms with Crippen LogP contribution in [-0.2, 0) is 0 Å². The predicted molar refractivity (Wildman–Crippen MR) is 74.5 cm³/mol. The van der Waals surface area contributed by atoms with Crippen LogP contribution < -0.4 is 0 Å². The molecular formula is C13H7N3O5. The largest absolute Gasteiger partial charge is 0.360 e. The van der Waals surface area contributed by atoms with E-state index < -0.39 is 9.85 Å². The monoisotopic (exact) mass is 285 g/mol. The fourth-order valence-electron chi connectivity index (χ4n) is 2.49. The van der Waals surface area contributed by atoms with Crippen molar-refractivity contribution in [3.8, 4) is 0 Å². The van der Waals surface area contributed by atoms with Crippen LogP contribution in [0.1, 0.15) is 10.4 Å². The Hall–Kier alpha value is -3.29. The van der Waals surface area contributed by atoms with E-state index in [4.69, 9.17) is 0 Å². The maximum atomic E-state index is 11.2. The van der Waals surface area contributed by atoms with Crippen molar-refractivity contribution < 1.29 is 14.6 Å². The number of rotatable bonds is 3. The number of aldehydes is 1. The zero-order chi connectivity index (χ0) is 15.1. The summed E-state index contributed by atoms with van der Waals surface area (Å²) in [5.74, 6) is 0. The minimum atomic E-state index is -0.672. The molecule has 0 aliphatic heterocycles. The summed E-state index contributed by atoms with van der Waals surface area (Å²) < 4.78 is 0. The number of hydrogen-bond donors (Lipinski definition) is 1. The second-order valence-electron chi connectivity index (χ2n) is 4.39. The molecule has 2 aromatic carbocycles. The molecule has 0 saturated heterocycles. The van der Waals surface area contributed by atoms with Gasteiger partial charge in [0.1, 0.15) is 5.39 Å². The lowest BCUT2D eigenvalue weighted by atomic mass is 10.0. The van der Waals surface area contributed by atoms with Crippen molar-refractivity contribution in [2.45, 2.75) is 0 Å². The molecule has 8 nitrogen and oxygen atoms in total. The third-order valence-electron chi connectivity index (χ3n) is 3.31. The van der Waals surface area contributed by atoms with Crippen molar-refractivity contribution in [1.82, 2.24) is 4.98 Å². The quantitative estimate of drug-likeness (QED) is 0.450. The smallest absolute Gasteiger partial charge is 0.286 e. The second-order valence-corrected chi connectivity index (χ2v) is 4.39. The molecule has 0 aliphatic rings. The van der Waals surface area contributed by atoms with E-state index in [2.05, 4.69) is 4.98 Å². The first-order chi connectivity index (χ1) is 10.0. The molecule has 0 atom stereocenters. The van der Waals surface area contributed by atoms with Crippen LogP contribution in [0, 0.1) is 20.2 Å². The second kappa shape index (κ2) is 4.37. The number of hydrogen-bond acceptors (Lipinski definition) is 5. The van der Waals surface area contributed by atoms with Gasteiger partial charge in [-0.05, 0) is 0 Å². The summed E-state index contributed by atoms with van der Waals surface area (Å²) in [6.07, 6.45) is 2.02. The van der Waals surface area contributed by atoms with Crippen LogP contribution in [0.25, 0.3) is 21.7 Å². The van der Waals surface area contributed by atoms with Crippen LogP contribution in [0.15, 0.2) is 30.5 Å². The van der Waals surface area contributed by atoms with E-state index in [0.717, 1.165) is 0 Å². The lowest BCUT2D eigenvalue weighted by Gasteiger charge is -2.03. The molecule has 1 heterocycles. The maximum Gasteiger partial charge on any atom is 0.286 e. The highest BCUT2D eigenvalue weighted by Crippen LogP contribution is 2.39. The number of aromatic nitrogens is 1. The Balaban J connectivity index is 2.64. The van der Waals surface area contributed by atoms with Crippen LogP contribution in [0.4, 0.5) is 11.4 Å². The maximum absolute atomic E-state index is 11.2. The number of aromatic amines is 1. The van der Waals surface area contributed by atoms with Gasteiger partial charge in [0.15, 0.2) is 6.29 Å². The van der Waals surface area contributed by atoms with Gasteiger partial charge in [0, 0.05) is 34.7 Å². The summed E-state index contributed by atoms with van der Waals surface area (Å²) in [5, 5.41) is 23.0. The van der Waals surface area contributed by atoms with Crippen molar-refractivity contribution in [2.75, 3.05) is 0 Å². The van der Waals surface area contributed by atoms with Crippen molar-refractivity contribution in [3.63, 3.8) is 0 Å². The number of nitro benzene ring substituents is 2. The van der Waals surface area contributed by atoms with Gasteiger partial charge in [-0.2, -0.15) is 0 Å². The zero-order valence-electron chi connectivity index (χ0n) is 10.4. The van der Waals surface area contributed by atoms with Crippen LogP contribution in [0.3, 0.4) is 0 Å². The summed E-state index contributed by atoms with van der Waals surface area (Å²) >= 11 is 0. The molecule has 3 aromatic rings. The Morgan fingerprint density at radius 1 is 1.05 bits per heavy atom. The van der Waals surface area contributed by atoms with Gasteiger partial charge < -0.3 is 4.98 Å². The molecule has 8 heteroatoms. The van der Waals surface area contributed by atoms with Gasteiger partial charge in [-0.1, -0.05) is 12.1 Å². The van der Waals surface area contributed by atoms with Gasteiger partial charge in [-0.25, -0.2) is 0 Å². The Bertz CT molecular complexity index is 928. The average molecular weight is 285 g/mol. The van der Waals surface area contributed by atoms with E-state index >= 15 is 0 Å². The molecular weight excluding hydrogens is 278 g/mol. The topological polar surface area (TPSA) is 119 Å². The predicted octanol–water partition coefficient (Wildman–Crippen LogP) is 2.95. The van der Waals surface area contributed by atoms with Crippen LogP contribution in [-0.4, -0.2) is 21.1 Å². The van der Waals surface area contributed by atoms with E-state index in [1.807, 2.05) is 0 Å². The van der Waals surface area contributed by atoms with Crippen molar-refractivity contribution in [1.29, 1.82) is 0 Å². The number of carbonyl (C=O) groups is 1. The molecule has 0 radical (unpaired) electrons. The van der Waals surface area contributed by atoms with Gasteiger partial charge in [0.2, 0.25) is 0 Å². The summed E-state index contributed by atoms with van der Waals surface area (Å²) in [4.78, 5) is 34.8. The first-order valence-corrected chi connectivity index (χ1v) is 5.85. The minimum Gasteiger partial charge on any atom is -0.360 e. The standard InChI is InChI=1S/C13H7N3O5/c17-6-7-5-14-9-4-11(16(20)21)13-8(12(7)9)2-1-3-10(13)15(18)19/h1-6,14H. The van der Waals surface area contributed by atoms with Crippen LogP contribution in [0.2, 0.25) is 0 Å². The summed E-state index contributed by atoms with van der Waals surface area (Å²) in [6.45, 7) is 0. The highest BCUT2D eigenvalue weighted by atomic mass is 16.6. The third-order valence-corrected chi connectivity index (χ3v) is 3.31. The number of H-pyrrole nitrogens is 1. The zero-order valence-corrected chi connectivity index (χ0v) is 10.4. The summed E-state index contributed by atoms with van der Waals surface area (Å²) in [6, 6.07) is 5.37. The Morgan fingerprint density at radius 2 is 1.76 bits per heavy atom. The fraction of sp³-hybridized carbons (Fsp3) is 0. The Labute approximate surface area is 116 Å². The fourth-order valence-corrected chi connectivity index (χ4v) is 2.49. The highest BCUT2D eigenvalue weighted by molar-refractivity contribution is 6.18. The number of carbonyl (C=O) groups excluding carboxylic acids is 1. The van der Waals surface area contributed by atoms with Gasteiger partial charge in [-0.3, -0.25) is 25.0 Å². The number of fused-ring (bicyclic) bond motifs is 3. The molecule has 0 fully saturated rings. The lowest BCUT2D eigenvalue weighted by Crippen LogP contribution is -1.95. The Kier molecular flexibility index (Phi) is 2.65. The molecule has 0 bridgehead atoms. The lowest BCUT2D eigenvalue weighted by molar-refractivity contribution is -0.390. The Morgan fingerprint density at radius 3 is 2.38 bits per heavy atom. The number of non-ortho nitro benzene ring substituents is 2. The first kappa shape index (κ1) is 12.7. The average Bonchev–Trinajstić information content (AvgIpc) is 2.88. The van der Waals surface area contributed by atoms with Crippen LogP contribution >= 0.6 is 0 Å². The van der Waals surface area contributed by atoms with E-state index in [0.29, 0.717) is 28.1 Å². The molecule has 21 heavy (non-hydrogen) atoms. The molecule has 3 rings (SSSR count). The minimum absolute atomic E-state index is 0.0808. The molecule has 1 N–H and O–H groups in total. The van der Waals surface area contributed by atoms with Crippen molar-refractivity contribution in [2.24, 2.45) is 0 Å². The number of nitrogens with one attached hydrogen (secondary N) is 1. The van der Waals surface area contributed by atoms with Gasteiger partial charge in [0.05, 0.1) is 15.4 Å². The number of benzene rings is 2. The van der Waals surface area contributed by atoms with Crippen molar-refractivity contribution in [3.05, 3.63) is 56.3 Å². The van der Waals surface area contributed by atoms with Crippen LogP contribution in [0.5, 0.6) is 0 Å². The normalized spacial score (nSPS) is 10.9. The first-order valence-electron chi connectivity index (χ1n) is 5.85. The molecule has 104 valence electrons. The van der Waals surface area contributed by atoms with Gasteiger partial charge >= 0.3 is 0 Å². The molecule has 0 unspecified atom stereocenters. The van der Waals surface area contributed by atoms with Gasteiger partial charge in [0.25, 0.3) is 11.4 Å². The molecule has 0 saturated carbocycles. The molecule has 0 amide bonds. The number of nitrogens with zero attached hydrogens (tertiary/aromatic N) is 2. The molecule has 1 aromatic heterocycles. The van der Waals surface area contributed by atoms with Gasteiger partial charge in [-0.15, -0.1) is 0 Å². The van der Waals surface area contributed by atoms with Crippen molar-refractivity contribution >= 4 is 39.3 Å². The van der Waals surface area contributed by atoms with E-state index in [1.54, 1.807) is 0 Å². The summed E-state index contributed by atoms with van der Waals surface area (Å²) in [5.41, 5.74) is -0.0505. The number of nitro groups is 2. The van der Waals surface area contributed by atoms with E-state index in [-0.39, 0.29) is 16.8 Å². The third kappa shape index (κ3) is 1.73. The SMILES string of the molecule is O=Cc1c[nH]c2cc([N+](=O)[O-])c3c([N+](=O)[O-])cccc3c12. The highest BCUT2D eigenvalue weighted by Gasteiger charge is 2.25. The summed E-state index contributed by atoms with van der Waals surface area (Å²) in [7, 11) is 0. The van der Waals surface area contributed by atoms with E-state index in [1.165, 1.54) is 30.5 Å². The molecule has 0 spiro atoms. The van der Waals surface area contributed by atoms with E-state index in [9.17, 15) is 25.0 Å². The molecule has 0 aliphatic carbocycles.